The number of hydrogen-bond acceptors (Lipinski definition) is 4. The number of carboxylic acids is 1. The first kappa shape index (κ1) is 17.8. The normalized spacial score (nSPS) is 12.3. The van der Waals surface area contributed by atoms with E-state index in [-0.39, 0.29) is 0 Å². The lowest BCUT2D eigenvalue weighted by Crippen LogP contribution is -2.26. The molecular weight excluding hydrogens is 338 g/mol. The highest BCUT2D eigenvalue weighted by atomic mass is 79.9. The Kier molecular flexibility index (Phi) is 6.98. The van der Waals surface area contributed by atoms with Gasteiger partial charge in [0.15, 0.2) is 17.6 Å². The minimum atomic E-state index is -0.989. The van der Waals surface area contributed by atoms with Crippen LogP contribution in [0.5, 0.6) is 11.5 Å². The SMILES string of the molecule is CCC(Oc1c(Br)cc(CNC(C)C)cc1OC)C(=O)O. The van der Waals surface area contributed by atoms with Crippen LogP contribution in [0.3, 0.4) is 0 Å². The number of carbonyl (C=O) groups is 1. The topological polar surface area (TPSA) is 67.8 Å². The summed E-state index contributed by atoms with van der Waals surface area (Å²) in [4.78, 5) is 11.1. The first-order chi connectivity index (χ1) is 9.88. The van der Waals surface area contributed by atoms with Crippen molar-refractivity contribution >= 4 is 21.9 Å². The molecule has 0 amide bonds. The number of benzene rings is 1. The summed E-state index contributed by atoms with van der Waals surface area (Å²) < 4.78 is 11.6. The van der Waals surface area contributed by atoms with E-state index in [1.807, 2.05) is 12.1 Å². The summed E-state index contributed by atoms with van der Waals surface area (Å²) in [5.74, 6) is -0.0540. The zero-order valence-electron chi connectivity index (χ0n) is 12.8. The minimum absolute atomic E-state index is 0.377. The highest BCUT2D eigenvalue weighted by Gasteiger charge is 2.21. The van der Waals surface area contributed by atoms with Gasteiger partial charge >= 0.3 is 5.97 Å². The van der Waals surface area contributed by atoms with Gasteiger partial charge in [-0.2, -0.15) is 0 Å². The Bertz CT molecular complexity index is 491. The third-order valence-electron chi connectivity index (χ3n) is 2.91. The maximum Gasteiger partial charge on any atom is 0.344 e. The zero-order chi connectivity index (χ0) is 16.0. The lowest BCUT2D eigenvalue weighted by atomic mass is 10.2. The van der Waals surface area contributed by atoms with E-state index in [1.54, 1.807) is 6.92 Å². The molecule has 1 rings (SSSR count). The molecule has 0 bridgehead atoms. The van der Waals surface area contributed by atoms with Gasteiger partial charge in [-0.1, -0.05) is 20.8 Å². The van der Waals surface area contributed by atoms with Gasteiger partial charge in [0.25, 0.3) is 0 Å². The molecule has 5 nitrogen and oxygen atoms in total. The van der Waals surface area contributed by atoms with Gasteiger partial charge in [-0.05, 0) is 40.0 Å². The molecule has 0 aliphatic carbocycles. The van der Waals surface area contributed by atoms with Crippen molar-refractivity contribution in [3.8, 4) is 11.5 Å². The van der Waals surface area contributed by atoms with Crippen molar-refractivity contribution in [2.75, 3.05) is 7.11 Å². The molecule has 6 heteroatoms. The molecule has 1 unspecified atom stereocenters. The first-order valence-electron chi connectivity index (χ1n) is 6.88. The van der Waals surface area contributed by atoms with Crippen LogP contribution in [0.25, 0.3) is 0 Å². The van der Waals surface area contributed by atoms with E-state index in [1.165, 1.54) is 7.11 Å². The molecule has 2 N–H and O–H groups in total. The van der Waals surface area contributed by atoms with Gasteiger partial charge in [0.1, 0.15) is 0 Å². The number of hydrogen-bond donors (Lipinski definition) is 2. The quantitative estimate of drug-likeness (QED) is 0.745. The lowest BCUT2D eigenvalue weighted by molar-refractivity contribution is -0.145. The lowest BCUT2D eigenvalue weighted by Gasteiger charge is -2.18. The highest BCUT2D eigenvalue weighted by molar-refractivity contribution is 9.10. The summed E-state index contributed by atoms with van der Waals surface area (Å²) in [6.07, 6.45) is -0.517. The van der Waals surface area contributed by atoms with Crippen LogP contribution in [-0.2, 0) is 11.3 Å². The van der Waals surface area contributed by atoms with Crippen LogP contribution in [0, 0.1) is 0 Å². The molecule has 0 radical (unpaired) electrons. The van der Waals surface area contributed by atoms with Crippen molar-refractivity contribution in [1.82, 2.24) is 5.32 Å². The number of carboxylic acid groups (broad SMARTS) is 1. The van der Waals surface area contributed by atoms with Gasteiger partial charge in [0, 0.05) is 12.6 Å². The van der Waals surface area contributed by atoms with E-state index in [4.69, 9.17) is 14.6 Å². The van der Waals surface area contributed by atoms with Crippen molar-refractivity contribution < 1.29 is 19.4 Å². The first-order valence-corrected chi connectivity index (χ1v) is 7.67. The van der Waals surface area contributed by atoms with Gasteiger partial charge in [-0.15, -0.1) is 0 Å². The van der Waals surface area contributed by atoms with Crippen molar-refractivity contribution in [2.45, 2.75) is 45.9 Å². The molecule has 0 heterocycles. The summed E-state index contributed by atoms with van der Waals surface area (Å²) >= 11 is 3.43. The van der Waals surface area contributed by atoms with E-state index in [9.17, 15) is 4.79 Å². The second kappa shape index (κ2) is 8.24. The highest BCUT2D eigenvalue weighted by Crippen LogP contribution is 2.37. The third kappa shape index (κ3) is 5.21. The Labute approximate surface area is 133 Å². The molecule has 118 valence electrons. The van der Waals surface area contributed by atoms with E-state index >= 15 is 0 Å². The minimum Gasteiger partial charge on any atom is -0.493 e. The van der Waals surface area contributed by atoms with Crippen molar-refractivity contribution in [3.63, 3.8) is 0 Å². The van der Waals surface area contributed by atoms with E-state index in [0.717, 1.165) is 5.56 Å². The van der Waals surface area contributed by atoms with Crippen molar-refractivity contribution in [1.29, 1.82) is 0 Å². The molecule has 0 aliphatic rings. The molecule has 0 fully saturated rings. The van der Waals surface area contributed by atoms with Crippen molar-refractivity contribution in [3.05, 3.63) is 22.2 Å². The van der Waals surface area contributed by atoms with Gasteiger partial charge in [0.05, 0.1) is 11.6 Å². The van der Waals surface area contributed by atoms with Crippen LogP contribution in [-0.4, -0.2) is 30.3 Å². The second-order valence-corrected chi connectivity index (χ2v) is 5.85. The average Bonchev–Trinajstić information content (AvgIpc) is 2.42. The van der Waals surface area contributed by atoms with E-state index in [2.05, 4.69) is 35.1 Å². The Morgan fingerprint density at radius 2 is 2.10 bits per heavy atom. The van der Waals surface area contributed by atoms with Crippen LogP contribution in [0.15, 0.2) is 16.6 Å². The van der Waals surface area contributed by atoms with E-state index < -0.39 is 12.1 Å². The van der Waals surface area contributed by atoms with Crippen LogP contribution >= 0.6 is 15.9 Å². The smallest absolute Gasteiger partial charge is 0.344 e. The summed E-state index contributed by atoms with van der Waals surface area (Å²) in [5.41, 5.74) is 1.03. The molecule has 1 atom stereocenters. The number of aliphatic carboxylic acids is 1. The summed E-state index contributed by atoms with van der Waals surface area (Å²) in [6, 6.07) is 4.13. The van der Waals surface area contributed by atoms with Crippen LogP contribution < -0.4 is 14.8 Å². The number of nitrogens with one attached hydrogen (secondary N) is 1. The fraction of sp³-hybridized carbons (Fsp3) is 0.533. The van der Waals surface area contributed by atoms with Gasteiger partial charge < -0.3 is 19.9 Å². The molecule has 0 spiro atoms. The Morgan fingerprint density at radius 3 is 2.57 bits per heavy atom. The Hall–Kier alpha value is -1.27. The predicted molar refractivity (Wildman–Crippen MR) is 85.0 cm³/mol. The molecule has 1 aromatic rings. The number of rotatable bonds is 8. The summed E-state index contributed by atoms with van der Waals surface area (Å²) in [7, 11) is 1.54. The Morgan fingerprint density at radius 1 is 1.43 bits per heavy atom. The molecule has 0 saturated carbocycles. The molecular formula is C15H22BrNO4. The average molecular weight is 360 g/mol. The summed E-state index contributed by atoms with van der Waals surface area (Å²) in [6.45, 7) is 6.61. The molecule has 0 aliphatic heterocycles. The Balaban J connectivity index is 3.01. The predicted octanol–water partition coefficient (Wildman–Crippen LogP) is 3.20. The third-order valence-corrected chi connectivity index (χ3v) is 3.50. The van der Waals surface area contributed by atoms with Crippen LogP contribution in [0.1, 0.15) is 32.8 Å². The van der Waals surface area contributed by atoms with Gasteiger partial charge in [0.2, 0.25) is 0 Å². The fourth-order valence-corrected chi connectivity index (χ4v) is 2.35. The standard InChI is InChI=1S/C15H22BrNO4/c1-5-12(15(18)19)21-14-11(16)6-10(7-13(14)20-4)8-17-9(2)3/h6-7,9,12,17H,5,8H2,1-4H3,(H,18,19). The maximum absolute atomic E-state index is 11.1. The molecule has 1 aromatic carbocycles. The van der Waals surface area contributed by atoms with Crippen molar-refractivity contribution in [2.24, 2.45) is 0 Å². The molecule has 21 heavy (non-hydrogen) atoms. The van der Waals surface area contributed by atoms with Crippen LogP contribution in [0.2, 0.25) is 0 Å². The number of ether oxygens (including phenoxy) is 2. The molecule has 0 saturated heterocycles. The maximum atomic E-state index is 11.1. The van der Waals surface area contributed by atoms with E-state index in [0.29, 0.717) is 35.0 Å². The largest absolute Gasteiger partial charge is 0.493 e. The van der Waals surface area contributed by atoms with Gasteiger partial charge in [-0.25, -0.2) is 4.79 Å². The number of methoxy groups -OCH3 is 1. The second-order valence-electron chi connectivity index (χ2n) is 5.00. The van der Waals surface area contributed by atoms with Gasteiger partial charge in [-0.3, -0.25) is 0 Å². The van der Waals surface area contributed by atoms with Crippen LogP contribution in [0.4, 0.5) is 0 Å². The summed E-state index contributed by atoms with van der Waals surface area (Å²) in [5, 5.41) is 12.4. The monoisotopic (exact) mass is 359 g/mol. The number of halogens is 1. The molecule has 0 aromatic heterocycles. The zero-order valence-corrected chi connectivity index (χ0v) is 14.4. The fourth-order valence-electron chi connectivity index (χ4n) is 1.76.